The van der Waals surface area contributed by atoms with Gasteiger partial charge >= 0.3 is 0 Å². The Hall–Kier alpha value is -0.520. The Balaban J connectivity index is 1.86. The zero-order chi connectivity index (χ0) is 12.3. The molecule has 0 fully saturated rings. The minimum Gasteiger partial charge on any atom is -0.392 e. The Bertz CT molecular complexity index is 437. The third-order valence-corrected chi connectivity index (χ3v) is 4.99. The molecule has 1 N–H and O–H groups in total. The summed E-state index contributed by atoms with van der Waals surface area (Å²) in [4.78, 5) is 5.47. The van der Waals surface area contributed by atoms with Crippen molar-refractivity contribution in [3.63, 3.8) is 0 Å². The highest BCUT2D eigenvalue weighted by atomic mass is 32.2. The predicted octanol–water partition coefficient (Wildman–Crippen LogP) is 2.83. The fourth-order valence-electron chi connectivity index (χ4n) is 1.57. The van der Waals surface area contributed by atoms with Crippen molar-refractivity contribution in [2.45, 2.75) is 38.0 Å². The fourth-order valence-corrected chi connectivity index (χ4v) is 3.19. The van der Waals surface area contributed by atoms with Crippen LogP contribution in [0.5, 0.6) is 0 Å². The average molecular weight is 270 g/mol. The molecule has 0 aliphatic carbocycles. The summed E-state index contributed by atoms with van der Waals surface area (Å²) in [6.07, 6.45) is 5.51. The quantitative estimate of drug-likeness (QED) is 0.877. The normalized spacial score (nSPS) is 15.2. The number of rotatable bonds is 6. The van der Waals surface area contributed by atoms with E-state index in [0.29, 0.717) is 11.7 Å². The van der Waals surface area contributed by atoms with E-state index in [2.05, 4.69) is 18.8 Å². The molecule has 2 heterocycles. The number of thioether (sulfide) groups is 1. The lowest BCUT2D eigenvalue weighted by atomic mass is 10.2. The second-order valence-corrected chi connectivity index (χ2v) is 6.58. The van der Waals surface area contributed by atoms with E-state index in [-0.39, 0.29) is 6.10 Å². The molecule has 2 aromatic heterocycles. The van der Waals surface area contributed by atoms with Gasteiger partial charge in [-0.2, -0.15) is 11.8 Å². The monoisotopic (exact) mass is 270 g/mol. The van der Waals surface area contributed by atoms with Crippen LogP contribution in [0.25, 0.3) is 4.96 Å². The maximum atomic E-state index is 9.94. The third-order valence-electron chi connectivity index (χ3n) is 2.74. The molecule has 0 amide bonds. The lowest BCUT2D eigenvalue weighted by molar-refractivity contribution is 0.199. The van der Waals surface area contributed by atoms with Gasteiger partial charge in [0.2, 0.25) is 0 Å². The summed E-state index contributed by atoms with van der Waals surface area (Å²) in [6, 6.07) is 0. The van der Waals surface area contributed by atoms with Crippen LogP contribution in [0.2, 0.25) is 0 Å². The van der Waals surface area contributed by atoms with Crippen molar-refractivity contribution in [1.82, 2.24) is 9.38 Å². The molecule has 0 saturated heterocycles. The van der Waals surface area contributed by atoms with Crippen LogP contribution in [-0.2, 0) is 6.42 Å². The van der Waals surface area contributed by atoms with Crippen molar-refractivity contribution >= 4 is 28.1 Å². The molecular weight excluding hydrogens is 252 g/mol. The number of aliphatic hydroxyl groups excluding tert-OH is 1. The van der Waals surface area contributed by atoms with E-state index in [1.54, 1.807) is 11.3 Å². The van der Waals surface area contributed by atoms with E-state index in [1.165, 1.54) is 0 Å². The Labute approximate surface area is 110 Å². The molecule has 2 rings (SSSR count). The predicted molar refractivity (Wildman–Crippen MR) is 75.0 cm³/mol. The first-order valence-corrected chi connectivity index (χ1v) is 7.82. The summed E-state index contributed by atoms with van der Waals surface area (Å²) in [5.41, 5.74) is 0.981. The van der Waals surface area contributed by atoms with Crippen molar-refractivity contribution in [3.05, 3.63) is 23.5 Å². The second kappa shape index (κ2) is 5.89. The molecule has 94 valence electrons. The Kier molecular flexibility index (Phi) is 4.48. The van der Waals surface area contributed by atoms with Crippen molar-refractivity contribution in [1.29, 1.82) is 0 Å². The van der Waals surface area contributed by atoms with Crippen LogP contribution in [0.4, 0.5) is 0 Å². The standard InChI is InChI=1S/C12H18N2OS2/c1-3-9(2)17-8-11(15)6-10-7-14-4-5-16-12(14)13-10/h4-5,7,9,11,15H,3,6,8H2,1-2H3. The largest absolute Gasteiger partial charge is 0.392 e. The highest BCUT2D eigenvalue weighted by Gasteiger charge is 2.11. The van der Waals surface area contributed by atoms with Crippen molar-refractivity contribution in [3.8, 4) is 0 Å². The molecule has 0 aliphatic heterocycles. The SMILES string of the molecule is CCC(C)SCC(O)Cc1cn2ccsc2n1. The van der Waals surface area contributed by atoms with Gasteiger partial charge in [0.1, 0.15) is 0 Å². The first-order chi connectivity index (χ1) is 8.19. The molecule has 0 aliphatic rings. The minimum absolute atomic E-state index is 0.293. The lowest BCUT2D eigenvalue weighted by Crippen LogP contribution is -2.15. The number of aromatic nitrogens is 2. The van der Waals surface area contributed by atoms with E-state index in [4.69, 9.17) is 0 Å². The lowest BCUT2D eigenvalue weighted by Gasteiger charge is -2.12. The van der Waals surface area contributed by atoms with E-state index >= 15 is 0 Å². The van der Waals surface area contributed by atoms with Gasteiger partial charge in [-0.15, -0.1) is 11.3 Å². The van der Waals surface area contributed by atoms with Crippen LogP contribution < -0.4 is 0 Å². The third kappa shape index (κ3) is 3.47. The number of fused-ring (bicyclic) bond motifs is 1. The molecule has 3 nitrogen and oxygen atoms in total. The molecule has 0 radical (unpaired) electrons. The van der Waals surface area contributed by atoms with Crippen LogP contribution in [0.1, 0.15) is 26.0 Å². The van der Waals surface area contributed by atoms with Gasteiger partial charge in [0.05, 0.1) is 11.8 Å². The summed E-state index contributed by atoms with van der Waals surface area (Å²) in [6.45, 7) is 4.37. The van der Waals surface area contributed by atoms with Crippen LogP contribution >= 0.6 is 23.1 Å². The van der Waals surface area contributed by atoms with Gasteiger partial charge in [-0.3, -0.25) is 4.40 Å². The van der Waals surface area contributed by atoms with Crippen LogP contribution in [0, 0.1) is 0 Å². The molecule has 0 spiro atoms. The minimum atomic E-state index is -0.293. The van der Waals surface area contributed by atoms with Crippen molar-refractivity contribution in [2.24, 2.45) is 0 Å². The Morgan fingerprint density at radius 3 is 3.12 bits per heavy atom. The molecule has 0 saturated carbocycles. The van der Waals surface area contributed by atoms with Crippen molar-refractivity contribution in [2.75, 3.05) is 5.75 Å². The Morgan fingerprint density at radius 1 is 1.59 bits per heavy atom. The van der Waals surface area contributed by atoms with Crippen LogP contribution in [-0.4, -0.2) is 31.6 Å². The topological polar surface area (TPSA) is 37.5 Å². The Morgan fingerprint density at radius 2 is 2.41 bits per heavy atom. The van der Waals surface area contributed by atoms with E-state index in [9.17, 15) is 5.11 Å². The molecule has 0 bridgehead atoms. The van der Waals surface area contributed by atoms with E-state index in [1.807, 2.05) is 33.9 Å². The first-order valence-electron chi connectivity index (χ1n) is 5.89. The number of nitrogens with zero attached hydrogens (tertiary/aromatic N) is 2. The van der Waals surface area contributed by atoms with Gasteiger partial charge in [-0.1, -0.05) is 13.8 Å². The van der Waals surface area contributed by atoms with Gasteiger partial charge < -0.3 is 5.11 Å². The summed E-state index contributed by atoms with van der Waals surface area (Å²) >= 11 is 3.45. The van der Waals surface area contributed by atoms with Crippen molar-refractivity contribution < 1.29 is 5.11 Å². The van der Waals surface area contributed by atoms with E-state index < -0.39 is 0 Å². The summed E-state index contributed by atoms with van der Waals surface area (Å²) in [5, 5.41) is 12.6. The first kappa shape index (κ1) is 12.9. The smallest absolute Gasteiger partial charge is 0.193 e. The number of hydrogen-bond donors (Lipinski definition) is 1. The second-order valence-electron chi connectivity index (χ2n) is 4.24. The molecule has 17 heavy (non-hydrogen) atoms. The average Bonchev–Trinajstić information content (AvgIpc) is 2.86. The van der Waals surface area contributed by atoms with Gasteiger partial charge in [0.15, 0.2) is 4.96 Å². The summed E-state index contributed by atoms with van der Waals surface area (Å²) < 4.78 is 2.01. The van der Waals surface area contributed by atoms with Gasteiger partial charge in [0.25, 0.3) is 0 Å². The maximum absolute atomic E-state index is 9.94. The van der Waals surface area contributed by atoms with Gasteiger partial charge in [-0.25, -0.2) is 4.98 Å². The molecule has 5 heteroatoms. The summed E-state index contributed by atoms with van der Waals surface area (Å²) in [5.74, 6) is 0.792. The van der Waals surface area contributed by atoms with Gasteiger partial charge in [0, 0.05) is 35.2 Å². The number of imidazole rings is 1. The number of thiazole rings is 1. The number of aliphatic hydroxyl groups is 1. The zero-order valence-electron chi connectivity index (χ0n) is 10.2. The van der Waals surface area contributed by atoms with Crippen LogP contribution in [0.15, 0.2) is 17.8 Å². The zero-order valence-corrected chi connectivity index (χ0v) is 11.8. The van der Waals surface area contributed by atoms with Gasteiger partial charge in [-0.05, 0) is 6.42 Å². The van der Waals surface area contributed by atoms with E-state index in [0.717, 1.165) is 22.8 Å². The van der Waals surface area contributed by atoms with Crippen LogP contribution in [0.3, 0.4) is 0 Å². The highest BCUT2D eigenvalue weighted by Crippen LogP contribution is 2.17. The maximum Gasteiger partial charge on any atom is 0.193 e. The fraction of sp³-hybridized carbons (Fsp3) is 0.583. The summed E-state index contributed by atoms with van der Waals surface area (Å²) in [7, 11) is 0. The molecule has 2 atom stereocenters. The molecule has 2 unspecified atom stereocenters. The number of hydrogen-bond acceptors (Lipinski definition) is 4. The molecular formula is C12H18N2OS2. The molecule has 2 aromatic rings. The highest BCUT2D eigenvalue weighted by molar-refractivity contribution is 7.99. The molecule has 0 aromatic carbocycles.